The highest BCUT2D eigenvalue weighted by molar-refractivity contribution is 7.92. The van der Waals surface area contributed by atoms with Crippen LogP contribution in [0, 0.1) is 5.92 Å². The summed E-state index contributed by atoms with van der Waals surface area (Å²) in [5.74, 6) is -0.540. The average molecular weight is 268 g/mol. The first kappa shape index (κ1) is 13.2. The number of rotatable bonds is 4. The van der Waals surface area contributed by atoms with E-state index in [-0.39, 0.29) is 16.6 Å². The molecule has 1 saturated heterocycles. The molecule has 0 amide bonds. The molecule has 1 aliphatic heterocycles. The molecular formula is C13H16O4S. The Morgan fingerprint density at radius 1 is 1.33 bits per heavy atom. The van der Waals surface area contributed by atoms with Crippen LogP contribution in [0.3, 0.4) is 0 Å². The zero-order chi connectivity index (χ0) is 13.2. The molecule has 0 saturated carbocycles. The molecule has 1 aromatic rings. The Morgan fingerprint density at radius 2 is 2.00 bits per heavy atom. The molecule has 18 heavy (non-hydrogen) atoms. The van der Waals surface area contributed by atoms with Gasteiger partial charge in [0.1, 0.15) is 11.0 Å². The van der Waals surface area contributed by atoms with Crippen LogP contribution >= 0.6 is 0 Å². The highest BCUT2D eigenvalue weighted by Crippen LogP contribution is 2.27. The van der Waals surface area contributed by atoms with E-state index in [2.05, 4.69) is 0 Å². The molecule has 98 valence electrons. The first-order valence-corrected chi connectivity index (χ1v) is 7.45. The van der Waals surface area contributed by atoms with Gasteiger partial charge in [0, 0.05) is 12.5 Å². The zero-order valence-electron chi connectivity index (χ0n) is 10.2. The maximum absolute atomic E-state index is 12.5. The lowest BCUT2D eigenvalue weighted by Crippen LogP contribution is -2.36. The molecule has 1 aliphatic rings. The van der Waals surface area contributed by atoms with E-state index in [1.54, 1.807) is 18.2 Å². The van der Waals surface area contributed by atoms with E-state index in [4.69, 9.17) is 4.74 Å². The summed E-state index contributed by atoms with van der Waals surface area (Å²) >= 11 is 0. The standard InChI is InChI=1S/C13H16O4S/c1-10(14)13(11-7-8-17-9-11)18(15,16)12-5-3-2-4-6-12/h2-6,11,13H,7-9H2,1H3. The van der Waals surface area contributed by atoms with Crippen molar-refractivity contribution in [2.45, 2.75) is 23.5 Å². The van der Waals surface area contributed by atoms with Gasteiger partial charge in [-0.1, -0.05) is 18.2 Å². The van der Waals surface area contributed by atoms with Crippen LogP contribution in [0.1, 0.15) is 13.3 Å². The lowest BCUT2D eigenvalue weighted by atomic mass is 10.0. The van der Waals surface area contributed by atoms with Crippen molar-refractivity contribution in [3.05, 3.63) is 30.3 Å². The number of ketones is 1. The molecule has 4 nitrogen and oxygen atoms in total. The molecule has 1 fully saturated rings. The minimum atomic E-state index is -3.61. The van der Waals surface area contributed by atoms with Crippen LogP contribution in [-0.2, 0) is 19.4 Å². The van der Waals surface area contributed by atoms with Crippen molar-refractivity contribution >= 4 is 15.6 Å². The fraction of sp³-hybridized carbons (Fsp3) is 0.462. The van der Waals surface area contributed by atoms with E-state index in [9.17, 15) is 13.2 Å². The summed E-state index contributed by atoms with van der Waals surface area (Å²) in [4.78, 5) is 11.9. The lowest BCUT2D eigenvalue weighted by molar-refractivity contribution is -0.117. The van der Waals surface area contributed by atoms with Crippen LogP contribution in [-0.4, -0.2) is 32.7 Å². The van der Waals surface area contributed by atoms with Crippen LogP contribution in [0.15, 0.2) is 35.2 Å². The van der Waals surface area contributed by atoms with Crippen LogP contribution in [0.4, 0.5) is 0 Å². The van der Waals surface area contributed by atoms with Gasteiger partial charge in [-0.3, -0.25) is 4.79 Å². The predicted octanol–water partition coefficient (Wildman–Crippen LogP) is 1.45. The Morgan fingerprint density at radius 3 is 2.50 bits per heavy atom. The maximum atomic E-state index is 12.5. The number of Topliss-reactive ketones (excluding diaryl/α,β-unsaturated/α-hetero) is 1. The molecule has 0 bridgehead atoms. The maximum Gasteiger partial charge on any atom is 0.188 e. The lowest BCUT2D eigenvalue weighted by Gasteiger charge is -2.19. The summed E-state index contributed by atoms with van der Waals surface area (Å²) in [5, 5.41) is -0.984. The van der Waals surface area contributed by atoms with E-state index >= 15 is 0 Å². The normalized spacial score (nSPS) is 21.7. The molecule has 0 aromatic heterocycles. The molecular weight excluding hydrogens is 252 g/mol. The molecule has 2 rings (SSSR count). The van der Waals surface area contributed by atoms with Crippen molar-refractivity contribution in [3.63, 3.8) is 0 Å². The third kappa shape index (κ3) is 2.47. The minimum absolute atomic E-state index is 0.206. The van der Waals surface area contributed by atoms with Gasteiger partial charge in [-0.25, -0.2) is 8.42 Å². The van der Waals surface area contributed by atoms with Gasteiger partial charge in [0.15, 0.2) is 9.84 Å². The van der Waals surface area contributed by atoms with Crippen LogP contribution in [0.5, 0.6) is 0 Å². The largest absolute Gasteiger partial charge is 0.381 e. The summed E-state index contributed by atoms with van der Waals surface area (Å²) < 4.78 is 30.2. The third-order valence-corrected chi connectivity index (χ3v) is 5.51. The van der Waals surface area contributed by atoms with E-state index < -0.39 is 15.1 Å². The quantitative estimate of drug-likeness (QED) is 0.829. The molecule has 2 unspecified atom stereocenters. The topological polar surface area (TPSA) is 60.4 Å². The monoisotopic (exact) mass is 268 g/mol. The summed E-state index contributed by atoms with van der Waals surface area (Å²) in [6.45, 7) is 2.21. The smallest absolute Gasteiger partial charge is 0.188 e. The molecule has 0 aliphatic carbocycles. The first-order valence-electron chi connectivity index (χ1n) is 5.90. The fourth-order valence-electron chi connectivity index (χ4n) is 2.35. The number of ether oxygens (including phenoxy) is 1. The Bertz CT molecular complexity index is 515. The second-order valence-corrected chi connectivity index (χ2v) is 6.58. The number of hydrogen-bond donors (Lipinski definition) is 0. The Balaban J connectivity index is 2.39. The number of hydrogen-bond acceptors (Lipinski definition) is 4. The molecule has 0 radical (unpaired) electrons. The van der Waals surface area contributed by atoms with E-state index in [0.717, 1.165) is 0 Å². The number of carbonyl (C=O) groups excluding carboxylic acids is 1. The van der Waals surface area contributed by atoms with Gasteiger partial charge >= 0.3 is 0 Å². The van der Waals surface area contributed by atoms with Crippen molar-refractivity contribution < 1.29 is 17.9 Å². The summed E-state index contributed by atoms with van der Waals surface area (Å²) in [6.07, 6.45) is 0.621. The van der Waals surface area contributed by atoms with Crippen LogP contribution in [0.25, 0.3) is 0 Å². The SMILES string of the molecule is CC(=O)C(C1CCOC1)S(=O)(=O)c1ccccc1. The first-order chi connectivity index (χ1) is 8.53. The van der Waals surface area contributed by atoms with E-state index in [0.29, 0.717) is 19.6 Å². The van der Waals surface area contributed by atoms with Crippen LogP contribution < -0.4 is 0 Å². The summed E-state index contributed by atoms with van der Waals surface area (Å²) in [6, 6.07) is 8.13. The third-order valence-electron chi connectivity index (χ3n) is 3.20. The number of benzene rings is 1. The fourth-order valence-corrected chi connectivity index (χ4v) is 4.34. The minimum Gasteiger partial charge on any atom is -0.381 e. The van der Waals surface area contributed by atoms with Crippen molar-refractivity contribution in [3.8, 4) is 0 Å². The van der Waals surface area contributed by atoms with Crippen molar-refractivity contribution in [2.24, 2.45) is 5.92 Å². The molecule has 0 spiro atoms. The van der Waals surface area contributed by atoms with Crippen molar-refractivity contribution in [1.29, 1.82) is 0 Å². The number of carbonyl (C=O) groups is 1. The van der Waals surface area contributed by atoms with Gasteiger partial charge in [0.2, 0.25) is 0 Å². The second-order valence-electron chi connectivity index (χ2n) is 4.51. The van der Waals surface area contributed by atoms with Crippen molar-refractivity contribution in [2.75, 3.05) is 13.2 Å². The van der Waals surface area contributed by atoms with Gasteiger partial charge in [0.05, 0.1) is 11.5 Å². The highest BCUT2D eigenvalue weighted by Gasteiger charge is 2.39. The summed E-state index contributed by atoms with van der Waals surface area (Å²) in [7, 11) is -3.61. The predicted molar refractivity (Wildman–Crippen MR) is 67.0 cm³/mol. The molecule has 0 N–H and O–H groups in total. The van der Waals surface area contributed by atoms with E-state index in [1.807, 2.05) is 0 Å². The van der Waals surface area contributed by atoms with Gasteiger partial charge in [-0.05, 0) is 25.5 Å². The Labute approximate surface area is 107 Å². The number of sulfone groups is 1. The van der Waals surface area contributed by atoms with Gasteiger partial charge in [-0.2, -0.15) is 0 Å². The van der Waals surface area contributed by atoms with Crippen molar-refractivity contribution in [1.82, 2.24) is 0 Å². The molecule has 1 heterocycles. The molecule has 1 aromatic carbocycles. The Kier molecular flexibility index (Phi) is 3.82. The van der Waals surface area contributed by atoms with E-state index in [1.165, 1.54) is 19.1 Å². The Hall–Kier alpha value is -1.20. The zero-order valence-corrected chi connectivity index (χ0v) is 11.0. The summed E-state index contributed by atoms with van der Waals surface area (Å²) in [5.41, 5.74) is 0. The highest BCUT2D eigenvalue weighted by atomic mass is 32.2. The average Bonchev–Trinajstić information content (AvgIpc) is 2.83. The molecule has 5 heteroatoms. The van der Waals surface area contributed by atoms with Gasteiger partial charge < -0.3 is 4.74 Å². The molecule has 2 atom stereocenters. The second kappa shape index (κ2) is 5.20. The van der Waals surface area contributed by atoms with Crippen LogP contribution in [0.2, 0.25) is 0 Å². The van der Waals surface area contributed by atoms with Gasteiger partial charge in [0.25, 0.3) is 0 Å². The van der Waals surface area contributed by atoms with Gasteiger partial charge in [-0.15, -0.1) is 0 Å².